The third-order valence-electron chi connectivity index (χ3n) is 6.68. The van der Waals surface area contributed by atoms with Crippen molar-refractivity contribution in [1.29, 1.82) is 0 Å². The molecular weight excluding hydrogens is 498 g/mol. The Morgan fingerprint density at radius 1 is 1.03 bits per heavy atom. The van der Waals surface area contributed by atoms with Crippen molar-refractivity contribution < 1.29 is 31.9 Å². The Bertz CT molecular complexity index is 1430. The van der Waals surface area contributed by atoms with Crippen molar-refractivity contribution in [3.05, 3.63) is 52.3 Å². The van der Waals surface area contributed by atoms with Crippen molar-refractivity contribution in [2.24, 2.45) is 0 Å². The zero-order chi connectivity index (χ0) is 26.4. The quantitative estimate of drug-likeness (QED) is 0.395. The number of anilines is 3. The van der Waals surface area contributed by atoms with Crippen LogP contribution < -0.4 is 21.1 Å². The predicted octanol–water partition coefficient (Wildman–Crippen LogP) is 3.12. The van der Waals surface area contributed by atoms with Crippen LogP contribution in [-0.4, -0.2) is 53.4 Å². The van der Waals surface area contributed by atoms with E-state index in [1.807, 2.05) is 0 Å². The van der Waals surface area contributed by atoms with Crippen LogP contribution in [0.15, 0.2) is 35.1 Å². The van der Waals surface area contributed by atoms with E-state index in [9.17, 15) is 23.2 Å². The number of alkyl halides is 2. The van der Waals surface area contributed by atoms with E-state index in [1.165, 1.54) is 9.58 Å². The van der Waals surface area contributed by atoms with Crippen molar-refractivity contribution in [3.63, 3.8) is 0 Å². The first-order valence-corrected chi connectivity index (χ1v) is 11.7. The number of amides is 1. The minimum absolute atomic E-state index is 0.0904. The summed E-state index contributed by atoms with van der Waals surface area (Å²) in [6, 6.07) is 7.03. The van der Waals surface area contributed by atoms with E-state index in [2.05, 4.69) is 0 Å². The first kappa shape index (κ1) is 24.7. The number of aromatic nitrogens is 2. The molecule has 1 saturated heterocycles. The molecule has 1 aromatic heterocycles. The molecule has 5 rings (SSSR count). The van der Waals surface area contributed by atoms with Crippen molar-refractivity contribution in [3.8, 4) is 0 Å². The number of fused-ring (bicyclic) bond motifs is 3. The molecule has 2 N–H and O–H groups in total. The van der Waals surface area contributed by atoms with E-state index < -0.39 is 42.5 Å². The van der Waals surface area contributed by atoms with Gasteiger partial charge in [-0.05, 0) is 24.6 Å². The Morgan fingerprint density at radius 2 is 1.70 bits per heavy atom. The number of nitrogen functional groups attached to an aromatic ring is 1. The molecule has 2 aliphatic rings. The molecular formula is C24H23F4N5O4. The molecule has 1 atom stereocenters. The van der Waals surface area contributed by atoms with Crippen LogP contribution in [0, 0.1) is 11.6 Å². The van der Waals surface area contributed by atoms with Crippen LogP contribution in [0.3, 0.4) is 0 Å². The molecule has 1 amide bonds. The maximum atomic E-state index is 15.2. The van der Waals surface area contributed by atoms with Gasteiger partial charge in [-0.1, -0.05) is 0 Å². The Morgan fingerprint density at radius 3 is 2.38 bits per heavy atom. The topological polar surface area (TPSA) is 103 Å². The lowest BCUT2D eigenvalue weighted by molar-refractivity contribution is -0.129. The summed E-state index contributed by atoms with van der Waals surface area (Å²) in [4.78, 5) is 38.7. The molecule has 37 heavy (non-hydrogen) atoms. The molecule has 3 heterocycles. The molecule has 2 aromatic carbocycles. The number of hydrogen-bond acceptors (Lipinski definition) is 6. The summed E-state index contributed by atoms with van der Waals surface area (Å²) < 4.78 is 63.6. The summed E-state index contributed by atoms with van der Waals surface area (Å²) in [5.74, 6) is -3.08. The number of nitrogens with zero attached hydrogens (tertiary/aromatic N) is 4. The van der Waals surface area contributed by atoms with E-state index >= 15 is 8.78 Å². The molecule has 0 unspecified atom stereocenters. The second-order valence-electron chi connectivity index (χ2n) is 9.00. The molecule has 13 heteroatoms. The van der Waals surface area contributed by atoms with Gasteiger partial charge in [0.25, 0.3) is 12.0 Å². The fraction of sp³-hybridized carbons (Fsp3) is 0.375. The molecule has 1 fully saturated rings. The number of benzene rings is 2. The minimum Gasteiger partial charge on any atom is -0.444 e. The zero-order valence-electron chi connectivity index (χ0n) is 19.5. The molecule has 0 aliphatic carbocycles. The van der Waals surface area contributed by atoms with Gasteiger partial charge in [0, 0.05) is 37.3 Å². The fourth-order valence-electron chi connectivity index (χ4n) is 4.86. The molecule has 9 nitrogen and oxygen atoms in total. The maximum absolute atomic E-state index is 15.2. The normalized spacial score (nSPS) is 17.9. The van der Waals surface area contributed by atoms with Gasteiger partial charge in [0.05, 0.1) is 36.2 Å². The molecule has 0 spiro atoms. The SMILES string of the molecule is Nc1ccc2c(c1)c(=O)n1n2CCN(c2c(F)cc(N3C[C@H](CCC(=O)C(F)F)OC3=O)cc2F)CC1. The van der Waals surface area contributed by atoms with Crippen molar-refractivity contribution in [1.82, 2.24) is 9.36 Å². The number of ether oxygens (including phenoxy) is 1. The number of Topliss-reactive ketones (excluding diaryl/α,β-unsaturated/α-hetero) is 1. The second kappa shape index (κ2) is 9.45. The highest BCUT2D eigenvalue weighted by molar-refractivity contribution is 5.90. The third-order valence-corrected chi connectivity index (χ3v) is 6.68. The summed E-state index contributed by atoms with van der Waals surface area (Å²) in [5, 5.41) is 0.476. The number of carbonyl (C=O) groups excluding carboxylic acids is 2. The number of cyclic esters (lactones) is 1. The van der Waals surface area contributed by atoms with Crippen molar-refractivity contribution in [2.45, 2.75) is 38.5 Å². The Labute approximate surface area is 207 Å². The minimum atomic E-state index is -3.11. The van der Waals surface area contributed by atoms with E-state index in [4.69, 9.17) is 10.5 Å². The van der Waals surface area contributed by atoms with E-state index in [0.717, 1.165) is 17.0 Å². The maximum Gasteiger partial charge on any atom is 0.414 e. The highest BCUT2D eigenvalue weighted by Crippen LogP contribution is 2.32. The number of carbonyl (C=O) groups is 2. The Balaban J connectivity index is 1.33. The smallest absolute Gasteiger partial charge is 0.414 e. The first-order valence-electron chi connectivity index (χ1n) is 11.7. The molecule has 196 valence electrons. The lowest BCUT2D eigenvalue weighted by atomic mass is 10.1. The molecule has 0 saturated carbocycles. The highest BCUT2D eigenvalue weighted by Gasteiger charge is 2.34. The first-order chi connectivity index (χ1) is 17.6. The van der Waals surface area contributed by atoms with Gasteiger partial charge in [0.15, 0.2) is 17.4 Å². The lowest BCUT2D eigenvalue weighted by Gasteiger charge is -2.24. The van der Waals surface area contributed by atoms with Gasteiger partial charge in [-0.2, -0.15) is 0 Å². The van der Waals surface area contributed by atoms with Gasteiger partial charge >= 0.3 is 6.09 Å². The average Bonchev–Trinajstić information content (AvgIpc) is 3.24. The van der Waals surface area contributed by atoms with Crippen molar-refractivity contribution >= 4 is 39.8 Å². The number of ketones is 1. The average molecular weight is 521 g/mol. The monoisotopic (exact) mass is 521 g/mol. The summed E-state index contributed by atoms with van der Waals surface area (Å²) in [7, 11) is 0. The van der Waals surface area contributed by atoms with Crippen LogP contribution in [0.25, 0.3) is 10.9 Å². The van der Waals surface area contributed by atoms with E-state index in [0.29, 0.717) is 23.1 Å². The van der Waals surface area contributed by atoms with Crippen LogP contribution >= 0.6 is 0 Å². The molecule has 0 radical (unpaired) electrons. The van der Waals surface area contributed by atoms with Gasteiger partial charge < -0.3 is 15.4 Å². The largest absolute Gasteiger partial charge is 0.444 e. The number of halogens is 4. The van der Waals surface area contributed by atoms with Gasteiger partial charge in [-0.3, -0.25) is 19.2 Å². The van der Waals surface area contributed by atoms with E-state index in [-0.39, 0.29) is 49.5 Å². The van der Waals surface area contributed by atoms with Crippen LogP contribution in [-0.2, 0) is 22.6 Å². The van der Waals surface area contributed by atoms with Gasteiger partial charge in [0.2, 0.25) is 0 Å². The highest BCUT2D eigenvalue weighted by atomic mass is 19.3. The second-order valence-corrected chi connectivity index (χ2v) is 9.00. The number of hydrogen-bond donors (Lipinski definition) is 1. The molecule has 0 bridgehead atoms. The van der Waals surface area contributed by atoms with Crippen LogP contribution in [0.1, 0.15) is 12.8 Å². The number of nitrogens with two attached hydrogens (primary N) is 1. The molecule has 2 aliphatic heterocycles. The van der Waals surface area contributed by atoms with E-state index in [1.54, 1.807) is 22.9 Å². The van der Waals surface area contributed by atoms with Crippen LogP contribution in [0.5, 0.6) is 0 Å². The van der Waals surface area contributed by atoms with Gasteiger partial charge in [-0.15, -0.1) is 0 Å². The van der Waals surface area contributed by atoms with Gasteiger partial charge in [-0.25, -0.2) is 27.0 Å². The third kappa shape index (κ3) is 4.49. The lowest BCUT2D eigenvalue weighted by Crippen LogP contribution is -2.30. The number of rotatable bonds is 6. The Hall–Kier alpha value is -4.03. The standard InChI is InChI=1S/C24H23F4N5O4/c25-17-10-14(31-12-15(37-24(31)36)2-4-20(34)22(27)28)11-18(26)21(17)30-5-7-32-19-3-1-13(29)9-16(19)23(35)33(32)8-6-30/h1,3,9-11,15,22H,2,4-8,12,29H2/t15-/m0/s1. The van der Waals surface area contributed by atoms with Crippen molar-refractivity contribution in [2.75, 3.05) is 35.2 Å². The Kier molecular flexibility index (Phi) is 6.30. The summed E-state index contributed by atoms with van der Waals surface area (Å²) in [6.07, 6.45) is -5.45. The summed E-state index contributed by atoms with van der Waals surface area (Å²) >= 11 is 0. The molecule has 3 aromatic rings. The predicted molar refractivity (Wildman–Crippen MR) is 127 cm³/mol. The van der Waals surface area contributed by atoms with Gasteiger partial charge in [0.1, 0.15) is 11.8 Å². The van der Waals surface area contributed by atoms with Crippen LogP contribution in [0.2, 0.25) is 0 Å². The van der Waals surface area contributed by atoms with Crippen LogP contribution in [0.4, 0.5) is 39.4 Å². The summed E-state index contributed by atoms with van der Waals surface area (Å²) in [6.45, 7) is 0.719. The summed E-state index contributed by atoms with van der Waals surface area (Å²) in [5.41, 5.74) is 6.32. The zero-order valence-corrected chi connectivity index (χ0v) is 19.5. The fourth-order valence-corrected chi connectivity index (χ4v) is 4.86.